The zero-order valence-electron chi connectivity index (χ0n) is 12.4. The van der Waals surface area contributed by atoms with Crippen molar-refractivity contribution < 1.29 is 0 Å². The second-order valence-corrected chi connectivity index (χ2v) is 6.16. The van der Waals surface area contributed by atoms with Crippen molar-refractivity contribution in [3.63, 3.8) is 0 Å². The van der Waals surface area contributed by atoms with Crippen molar-refractivity contribution in [1.82, 2.24) is 10.3 Å². The minimum absolute atomic E-state index is 0.231. The van der Waals surface area contributed by atoms with Gasteiger partial charge in [-0.05, 0) is 23.4 Å². The molecule has 0 fully saturated rings. The number of hydrogen-bond acceptors (Lipinski definition) is 2. The Labute approximate surface area is 116 Å². The average molecular weight is 256 g/mol. The molecule has 1 atom stereocenters. The smallest absolute Gasteiger partial charge is 0.0497 e. The average Bonchev–Trinajstić information content (AvgIpc) is 2.37. The number of rotatable bonds is 4. The fourth-order valence-electron chi connectivity index (χ4n) is 2.47. The van der Waals surface area contributed by atoms with E-state index in [-0.39, 0.29) is 5.41 Å². The van der Waals surface area contributed by atoms with Crippen LogP contribution in [-0.2, 0) is 6.42 Å². The lowest BCUT2D eigenvalue weighted by Gasteiger charge is -2.31. The van der Waals surface area contributed by atoms with Gasteiger partial charge in [-0.3, -0.25) is 4.98 Å². The van der Waals surface area contributed by atoms with Gasteiger partial charge in [0.15, 0.2) is 0 Å². The van der Waals surface area contributed by atoms with Crippen molar-refractivity contribution in [2.24, 2.45) is 5.41 Å². The molecule has 0 aliphatic carbocycles. The first-order valence-electron chi connectivity index (χ1n) is 7.08. The maximum Gasteiger partial charge on any atom is 0.0497 e. The Morgan fingerprint density at radius 1 is 1.16 bits per heavy atom. The molecule has 2 nitrogen and oxygen atoms in total. The molecule has 0 saturated heterocycles. The van der Waals surface area contributed by atoms with E-state index in [1.165, 1.54) is 16.5 Å². The maximum absolute atomic E-state index is 4.60. The highest BCUT2D eigenvalue weighted by molar-refractivity contribution is 5.84. The zero-order valence-corrected chi connectivity index (χ0v) is 12.4. The molecule has 0 aliphatic rings. The van der Waals surface area contributed by atoms with Crippen molar-refractivity contribution >= 4 is 10.8 Å². The molecule has 0 radical (unpaired) electrons. The van der Waals surface area contributed by atoms with Gasteiger partial charge in [0.05, 0.1) is 0 Å². The summed E-state index contributed by atoms with van der Waals surface area (Å²) in [6.45, 7) is 10.0. The molecule has 1 aromatic heterocycles. The summed E-state index contributed by atoms with van der Waals surface area (Å²) >= 11 is 0. The highest BCUT2D eigenvalue weighted by Gasteiger charge is 2.24. The Hall–Kier alpha value is -1.41. The second kappa shape index (κ2) is 5.70. The minimum Gasteiger partial charge on any atom is -0.313 e. The van der Waals surface area contributed by atoms with Crippen LogP contribution in [0.1, 0.15) is 33.4 Å². The molecule has 0 spiro atoms. The molecular formula is C17H24N2. The van der Waals surface area contributed by atoms with E-state index >= 15 is 0 Å². The van der Waals surface area contributed by atoms with Gasteiger partial charge in [-0.15, -0.1) is 0 Å². The summed E-state index contributed by atoms with van der Waals surface area (Å²) in [5.41, 5.74) is 1.42. The third kappa shape index (κ3) is 3.32. The molecule has 1 heterocycles. The molecule has 1 unspecified atom stereocenters. The monoisotopic (exact) mass is 256 g/mol. The summed E-state index contributed by atoms with van der Waals surface area (Å²) in [5.74, 6) is 0. The van der Waals surface area contributed by atoms with Crippen LogP contribution in [0.5, 0.6) is 0 Å². The summed E-state index contributed by atoms with van der Waals surface area (Å²) in [6, 6.07) is 11.0. The third-order valence-electron chi connectivity index (χ3n) is 3.65. The van der Waals surface area contributed by atoms with E-state index in [0.29, 0.717) is 6.04 Å². The van der Waals surface area contributed by atoms with Crippen LogP contribution in [0.3, 0.4) is 0 Å². The standard InChI is InChI=1S/C17H24N2/c1-5-18-16(17(2,3)4)12-15-14-9-7-6-8-13(14)10-11-19-15/h6-11,16,18H,5,12H2,1-4H3. The molecule has 0 bridgehead atoms. The van der Waals surface area contributed by atoms with Crippen molar-refractivity contribution in [3.05, 3.63) is 42.2 Å². The number of hydrogen-bond donors (Lipinski definition) is 1. The number of nitrogens with one attached hydrogen (secondary N) is 1. The lowest BCUT2D eigenvalue weighted by molar-refractivity contribution is 0.269. The van der Waals surface area contributed by atoms with Crippen molar-refractivity contribution in [2.45, 2.75) is 40.2 Å². The van der Waals surface area contributed by atoms with E-state index in [9.17, 15) is 0 Å². The van der Waals surface area contributed by atoms with Crippen LogP contribution in [0.25, 0.3) is 10.8 Å². The molecule has 0 amide bonds. The van der Waals surface area contributed by atoms with E-state index in [2.05, 4.69) is 68.3 Å². The van der Waals surface area contributed by atoms with Crippen LogP contribution < -0.4 is 5.32 Å². The predicted octanol–water partition coefficient (Wildman–Crippen LogP) is 3.80. The molecule has 0 saturated carbocycles. The summed E-state index contributed by atoms with van der Waals surface area (Å²) < 4.78 is 0. The van der Waals surface area contributed by atoms with Gasteiger partial charge >= 0.3 is 0 Å². The first-order chi connectivity index (χ1) is 9.02. The number of aromatic nitrogens is 1. The molecule has 2 aromatic rings. The van der Waals surface area contributed by atoms with Crippen LogP contribution in [0.2, 0.25) is 0 Å². The predicted molar refractivity (Wildman–Crippen MR) is 82.4 cm³/mol. The van der Waals surface area contributed by atoms with Gasteiger partial charge in [-0.2, -0.15) is 0 Å². The van der Waals surface area contributed by atoms with E-state index in [1.807, 2.05) is 6.20 Å². The first kappa shape index (κ1) is 14.0. The Morgan fingerprint density at radius 2 is 1.89 bits per heavy atom. The largest absolute Gasteiger partial charge is 0.313 e. The number of nitrogens with zero attached hydrogens (tertiary/aromatic N) is 1. The molecule has 2 rings (SSSR count). The fraction of sp³-hybridized carbons (Fsp3) is 0.471. The zero-order chi connectivity index (χ0) is 13.9. The van der Waals surface area contributed by atoms with Gasteiger partial charge in [-0.25, -0.2) is 0 Å². The molecule has 0 aliphatic heterocycles. The van der Waals surface area contributed by atoms with E-state index in [1.54, 1.807) is 0 Å². The summed E-state index contributed by atoms with van der Waals surface area (Å²) in [7, 11) is 0. The van der Waals surface area contributed by atoms with Gasteiger partial charge in [0.2, 0.25) is 0 Å². The minimum atomic E-state index is 0.231. The summed E-state index contributed by atoms with van der Waals surface area (Å²) in [4.78, 5) is 4.60. The SMILES string of the molecule is CCNC(Cc1nccc2ccccc12)C(C)(C)C. The highest BCUT2D eigenvalue weighted by atomic mass is 14.9. The number of benzene rings is 1. The Bertz CT molecular complexity index is 535. The molecule has 19 heavy (non-hydrogen) atoms. The lowest BCUT2D eigenvalue weighted by atomic mass is 9.83. The van der Waals surface area contributed by atoms with Crippen LogP contribution in [0, 0.1) is 5.41 Å². The second-order valence-electron chi connectivity index (χ2n) is 6.16. The fourth-order valence-corrected chi connectivity index (χ4v) is 2.47. The number of fused-ring (bicyclic) bond motifs is 1. The van der Waals surface area contributed by atoms with Crippen LogP contribution in [0.4, 0.5) is 0 Å². The van der Waals surface area contributed by atoms with Gasteiger partial charge in [-0.1, -0.05) is 52.0 Å². The third-order valence-corrected chi connectivity index (χ3v) is 3.65. The first-order valence-corrected chi connectivity index (χ1v) is 7.08. The van der Waals surface area contributed by atoms with Crippen LogP contribution >= 0.6 is 0 Å². The quantitative estimate of drug-likeness (QED) is 0.900. The van der Waals surface area contributed by atoms with Crippen molar-refractivity contribution in [2.75, 3.05) is 6.54 Å². The van der Waals surface area contributed by atoms with E-state index < -0.39 is 0 Å². The Balaban J connectivity index is 2.34. The normalized spacial score (nSPS) is 13.7. The van der Waals surface area contributed by atoms with Gasteiger partial charge in [0, 0.05) is 29.7 Å². The highest BCUT2D eigenvalue weighted by Crippen LogP contribution is 2.25. The van der Waals surface area contributed by atoms with Crippen LogP contribution in [0.15, 0.2) is 36.5 Å². The van der Waals surface area contributed by atoms with E-state index in [0.717, 1.165) is 13.0 Å². The molecule has 2 heteroatoms. The Kier molecular flexibility index (Phi) is 4.20. The number of likely N-dealkylation sites (N-methyl/N-ethyl adjacent to an activating group) is 1. The van der Waals surface area contributed by atoms with Gasteiger partial charge in [0.25, 0.3) is 0 Å². The van der Waals surface area contributed by atoms with Gasteiger partial charge < -0.3 is 5.32 Å². The molecule has 102 valence electrons. The van der Waals surface area contributed by atoms with Crippen molar-refractivity contribution in [1.29, 1.82) is 0 Å². The molecule has 1 N–H and O–H groups in total. The molecule has 1 aromatic carbocycles. The topological polar surface area (TPSA) is 24.9 Å². The van der Waals surface area contributed by atoms with Crippen LogP contribution in [-0.4, -0.2) is 17.6 Å². The maximum atomic E-state index is 4.60. The Morgan fingerprint density at radius 3 is 2.58 bits per heavy atom. The summed E-state index contributed by atoms with van der Waals surface area (Å²) in [5, 5.41) is 6.15. The lowest BCUT2D eigenvalue weighted by Crippen LogP contribution is -2.42. The summed E-state index contributed by atoms with van der Waals surface area (Å²) in [6.07, 6.45) is 2.89. The molecular weight excluding hydrogens is 232 g/mol. The van der Waals surface area contributed by atoms with E-state index in [4.69, 9.17) is 0 Å². The van der Waals surface area contributed by atoms with Gasteiger partial charge in [0.1, 0.15) is 0 Å². The number of pyridine rings is 1. The van der Waals surface area contributed by atoms with Crippen molar-refractivity contribution in [3.8, 4) is 0 Å².